The molecular weight excluding hydrogens is 351 g/mol. The van der Waals surface area contributed by atoms with E-state index in [1.165, 1.54) is 0 Å². The number of halogens is 1. The van der Waals surface area contributed by atoms with Crippen LogP contribution < -0.4 is 16.0 Å². The van der Waals surface area contributed by atoms with Crippen LogP contribution >= 0.6 is 0 Å². The van der Waals surface area contributed by atoms with Crippen molar-refractivity contribution in [2.45, 2.75) is 50.6 Å². The highest BCUT2D eigenvalue weighted by Crippen LogP contribution is 2.30. The number of imide groups is 1. The Labute approximate surface area is 156 Å². The third kappa shape index (κ3) is 3.46. The molecule has 1 aromatic carbocycles. The van der Waals surface area contributed by atoms with E-state index in [2.05, 4.69) is 16.0 Å². The molecular formula is C19H23FN4O3. The largest absolute Gasteiger partial charge is 0.322 e. The summed E-state index contributed by atoms with van der Waals surface area (Å²) in [7, 11) is 0. The molecule has 3 aliphatic rings. The van der Waals surface area contributed by atoms with Crippen LogP contribution in [0, 0.1) is 0 Å². The van der Waals surface area contributed by atoms with Crippen LogP contribution in [0.5, 0.6) is 0 Å². The molecule has 27 heavy (non-hydrogen) atoms. The van der Waals surface area contributed by atoms with Gasteiger partial charge in [0.15, 0.2) is 0 Å². The lowest BCUT2D eigenvalue weighted by Gasteiger charge is -2.29. The molecule has 3 N–H and O–H groups in total. The van der Waals surface area contributed by atoms with E-state index in [1.54, 1.807) is 11.0 Å². The zero-order valence-corrected chi connectivity index (χ0v) is 15.0. The van der Waals surface area contributed by atoms with Crippen molar-refractivity contribution in [1.29, 1.82) is 0 Å². The summed E-state index contributed by atoms with van der Waals surface area (Å²) in [5.74, 6) is -0.901. The molecule has 3 amide bonds. The smallest absolute Gasteiger partial charge is 0.255 e. The van der Waals surface area contributed by atoms with Crippen molar-refractivity contribution in [3.05, 3.63) is 34.9 Å². The van der Waals surface area contributed by atoms with Crippen LogP contribution in [0.25, 0.3) is 0 Å². The van der Waals surface area contributed by atoms with E-state index in [4.69, 9.17) is 0 Å². The van der Waals surface area contributed by atoms with Gasteiger partial charge in [-0.1, -0.05) is 12.1 Å². The number of fused-ring (bicyclic) bond motifs is 1. The summed E-state index contributed by atoms with van der Waals surface area (Å²) < 4.78 is 14.0. The van der Waals surface area contributed by atoms with Crippen LogP contribution in [-0.2, 0) is 22.7 Å². The fraction of sp³-hybridized carbons (Fsp3) is 0.526. The Balaban J connectivity index is 1.49. The van der Waals surface area contributed by atoms with Crippen molar-refractivity contribution in [3.8, 4) is 0 Å². The van der Waals surface area contributed by atoms with Gasteiger partial charge in [-0.15, -0.1) is 0 Å². The topological polar surface area (TPSA) is 90.5 Å². The lowest BCUT2D eigenvalue weighted by Crippen LogP contribution is -2.52. The fourth-order valence-corrected chi connectivity index (χ4v) is 4.11. The van der Waals surface area contributed by atoms with Crippen LogP contribution in [-0.4, -0.2) is 54.0 Å². The number of nitrogens with zero attached hydrogens (tertiary/aromatic N) is 1. The molecule has 0 spiro atoms. The number of hydrogen-bond donors (Lipinski definition) is 3. The van der Waals surface area contributed by atoms with E-state index < -0.39 is 18.1 Å². The van der Waals surface area contributed by atoms with E-state index >= 15 is 0 Å². The third-order valence-corrected chi connectivity index (χ3v) is 5.64. The van der Waals surface area contributed by atoms with Crippen molar-refractivity contribution in [2.75, 3.05) is 13.1 Å². The number of alkyl halides is 1. The Morgan fingerprint density at radius 3 is 2.85 bits per heavy atom. The Bertz CT molecular complexity index is 784. The lowest BCUT2D eigenvalue weighted by molar-refractivity contribution is -0.136. The molecule has 7 nitrogen and oxygen atoms in total. The molecule has 3 aliphatic heterocycles. The van der Waals surface area contributed by atoms with Crippen molar-refractivity contribution in [2.24, 2.45) is 0 Å². The van der Waals surface area contributed by atoms with Gasteiger partial charge in [-0.3, -0.25) is 19.7 Å². The summed E-state index contributed by atoms with van der Waals surface area (Å²) in [5, 5.41) is 8.61. The van der Waals surface area contributed by atoms with Gasteiger partial charge in [0.25, 0.3) is 5.91 Å². The van der Waals surface area contributed by atoms with Gasteiger partial charge >= 0.3 is 0 Å². The number of carbonyl (C=O) groups is 3. The number of piperidine rings is 2. The zero-order chi connectivity index (χ0) is 19.0. The Hall–Kier alpha value is -2.32. The first kappa shape index (κ1) is 18.1. The van der Waals surface area contributed by atoms with Gasteiger partial charge < -0.3 is 15.5 Å². The molecule has 4 rings (SSSR count). The van der Waals surface area contributed by atoms with Crippen molar-refractivity contribution in [1.82, 2.24) is 20.9 Å². The van der Waals surface area contributed by atoms with Gasteiger partial charge in [-0.25, -0.2) is 4.39 Å². The third-order valence-electron chi connectivity index (χ3n) is 5.64. The molecule has 0 bridgehead atoms. The highest BCUT2D eigenvalue weighted by Gasteiger charge is 2.39. The maximum atomic E-state index is 14.0. The maximum Gasteiger partial charge on any atom is 0.255 e. The number of amides is 3. The minimum absolute atomic E-state index is 0.188. The normalized spacial score (nSPS) is 28.3. The Morgan fingerprint density at radius 1 is 1.22 bits per heavy atom. The molecule has 1 unspecified atom stereocenters. The van der Waals surface area contributed by atoms with Crippen molar-refractivity contribution >= 4 is 17.7 Å². The van der Waals surface area contributed by atoms with E-state index in [0.717, 1.165) is 24.1 Å². The van der Waals surface area contributed by atoms with Crippen LogP contribution in [0.15, 0.2) is 18.2 Å². The number of carbonyl (C=O) groups excluding carboxylic acids is 3. The van der Waals surface area contributed by atoms with Gasteiger partial charge in [0.2, 0.25) is 11.8 Å². The second-order valence-electron chi connectivity index (χ2n) is 7.34. The Morgan fingerprint density at radius 2 is 2.07 bits per heavy atom. The van der Waals surface area contributed by atoms with Gasteiger partial charge in [0, 0.05) is 37.7 Å². The molecule has 0 saturated carbocycles. The van der Waals surface area contributed by atoms with Gasteiger partial charge in [0.1, 0.15) is 12.2 Å². The molecule has 2 saturated heterocycles. The summed E-state index contributed by atoms with van der Waals surface area (Å²) in [5.41, 5.74) is 2.41. The molecule has 8 heteroatoms. The quantitative estimate of drug-likeness (QED) is 0.657. The van der Waals surface area contributed by atoms with Gasteiger partial charge in [0.05, 0.1) is 0 Å². The lowest BCUT2D eigenvalue weighted by atomic mass is 10.0. The molecule has 3 heterocycles. The summed E-state index contributed by atoms with van der Waals surface area (Å²) in [6, 6.07) is 4.68. The molecule has 0 radical (unpaired) electrons. The van der Waals surface area contributed by atoms with Crippen LogP contribution in [0.2, 0.25) is 0 Å². The monoisotopic (exact) mass is 374 g/mol. The fourth-order valence-electron chi connectivity index (χ4n) is 4.11. The SMILES string of the molecule is O=C1CCC(N2Cc3c(CN[C@@H]4CCNC[C@H]4F)cccc3C2=O)C(=O)N1. The number of rotatable bonds is 4. The molecule has 2 fully saturated rings. The highest BCUT2D eigenvalue weighted by molar-refractivity contribution is 6.05. The molecule has 144 valence electrons. The van der Waals surface area contributed by atoms with E-state index in [1.807, 2.05) is 12.1 Å². The van der Waals surface area contributed by atoms with Gasteiger partial charge in [-0.05, 0) is 36.6 Å². The average molecular weight is 374 g/mol. The standard InChI is InChI=1S/C19H23FN4O3/c20-14-9-21-7-6-15(14)22-8-11-2-1-3-12-13(11)10-24(19(12)27)16-4-5-17(25)23-18(16)26/h1-3,14-16,21-22H,4-10H2,(H,23,25,26)/t14-,15-,16?/m1/s1. The summed E-state index contributed by atoms with van der Waals surface area (Å²) in [4.78, 5) is 37.9. The molecule has 3 atom stereocenters. The zero-order valence-electron chi connectivity index (χ0n) is 15.0. The van der Waals surface area contributed by atoms with Crippen LogP contribution in [0.1, 0.15) is 40.7 Å². The molecule has 1 aromatic rings. The predicted molar refractivity (Wildman–Crippen MR) is 95.5 cm³/mol. The number of benzene rings is 1. The molecule has 0 aromatic heterocycles. The summed E-state index contributed by atoms with van der Waals surface area (Å²) in [6.45, 7) is 1.95. The maximum absolute atomic E-state index is 14.0. The van der Waals surface area contributed by atoms with Crippen molar-refractivity contribution < 1.29 is 18.8 Å². The average Bonchev–Trinajstić information content (AvgIpc) is 2.98. The van der Waals surface area contributed by atoms with Crippen LogP contribution in [0.4, 0.5) is 4.39 Å². The first-order chi connectivity index (χ1) is 13.0. The minimum Gasteiger partial charge on any atom is -0.322 e. The van der Waals surface area contributed by atoms with E-state index in [0.29, 0.717) is 31.6 Å². The van der Waals surface area contributed by atoms with E-state index in [-0.39, 0.29) is 24.3 Å². The Kier molecular flexibility index (Phi) is 4.92. The summed E-state index contributed by atoms with van der Waals surface area (Å²) in [6.07, 6.45) is 0.365. The second kappa shape index (κ2) is 7.36. The van der Waals surface area contributed by atoms with Crippen LogP contribution in [0.3, 0.4) is 0 Å². The summed E-state index contributed by atoms with van der Waals surface area (Å²) >= 11 is 0. The first-order valence-corrected chi connectivity index (χ1v) is 9.38. The van der Waals surface area contributed by atoms with Crippen molar-refractivity contribution in [3.63, 3.8) is 0 Å². The number of hydrogen-bond acceptors (Lipinski definition) is 5. The molecule has 0 aliphatic carbocycles. The second-order valence-corrected chi connectivity index (χ2v) is 7.34. The first-order valence-electron chi connectivity index (χ1n) is 9.38. The van der Waals surface area contributed by atoms with E-state index in [9.17, 15) is 18.8 Å². The van der Waals surface area contributed by atoms with Gasteiger partial charge in [-0.2, -0.15) is 0 Å². The highest BCUT2D eigenvalue weighted by atomic mass is 19.1. The predicted octanol–water partition coefficient (Wildman–Crippen LogP) is 0.237. The number of nitrogens with one attached hydrogen (secondary N) is 3. The minimum atomic E-state index is -0.933.